The molecule has 0 bridgehead atoms. The maximum Gasteiger partial charge on any atom is 0.203 e. The molecule has 0 aliphatic heterocycles. The van der Waals surface area contributed by atoms with E-state index in [1.54, 1.807) is 39.8 Å². The van der Waals surface area contributed by atoms with Gasteiger partial charge in [0.1, 0.15) is 17.3 Å². The molecule has 37 heavy (non-hydrogen) atoms. The number of benzene rings is 2. The van der Waals surface area contributed by atoms with Gasteiger partial charge in [-0.3, -0.25) is 4.98 Å². The predicted octanol–water partition coefficient (Wildman–Crippen LogP) is 6.56. The van der Waals surface area contributed by atoms with E-state index in [-0.39, 0.29) is 0 Å². The zero-order chi connectivity index (χ0) is 25.8. The highest BCUT2D eigenvalue weighted by atomic mass is 16.5. The van der Waals surface area contributed by atoms with Crippen LogP contribution >= 0.6 is 0 Å². The van der Waals surface area contributed by atoms with Crippen LogP contribution < -0.4 is 24.3 Å². The molecule has 5 aromatic rings. The topological polar surface area (TPSA) is 87.6 Å². The van der Waals surface area contributed by atoms with Gasteiger partial charge in [0.2, 0.25) is 5.75 Å². The van der Waals surface area contributed by atoms with Gasteiger partial charge in [0.05, 0.1) is 26.8 Å². The van der Waals surface area contributed by atoms with Crippen molar-refractivity contribution in [1.29, 1.82) is 0 Å². The Morgan fingerprint density at radius 1 is 0.730 bits per heavy atom. The van der Waals surface area contributed by atoms with Gasteiger partial charge in [-0.05, 0) is 37.3 Å². The molecule has 0 unspecified atom stereocenters. The van der Waals surface area contributed by atoms with Crippen LogP contribution in [-0.4, -0.2) is 36.3 Å². The first-order chi connectivity index (χ1) is 18.1. The molecular formula is C29H26N4O4. The van der Waals surface area contributed by atoms with Crippen molar-refractivity contribution in [2.75, 3.05) is 26.6 Å². The molecule has 8 heteroatoms. The van der Waals surface area contributed by atoms with E-state index in [1.807, 2.05) is 67.6 Å². The number of hydrogen-bond donors (Lipinski definition) is 1. The molecule has 0 aliphatic rings. The predicted molar refractivity (Wildman–Crippen MR) is 143 cm³/mol. The minimum Gasteiger partial charge on any atom is -0.493 e. The SMILES string of the molecule is COc1cc(Nc2cc(Oc3ccc(C)nc3-c3ccnc4ccccc34)ccn2)cc(OC)c1OC. The van der Waals surface area contributed by atoms with E-state index in [0.717, 1.165) is 33.5 Å². The third kappa shape index (κ3) is 4.95. The summed E-state index contributed by atoms with van der Waals surface area (Å²) in [7, 11) is 4.72. The Kier molecular flexibility index (Phi) is 6.72. The van der Waals surface area contributed by atoms with Crippen LogP contribution in [0.4, 0.5) is 11.5 Å². The van der Waals surface area contributed by atoms with Gasteiger partial charge in [0.25, 0.3) is 0 Å². The number of methoxy groups -OCH3 is 3. The second-order valence-corrected chi connectivity index (χ2v) is 8.19. The first-order valence-electron chi connectivity index (χ1n) is 11.6. The van der Waals surface area contributed by atoms with Crippen LogP contribution in [-0.2, 0) is 0 Å². The lowest BCUT2D eigenvalue weighted by atomic mass is 10.0. The van der Waals surface area contributed by atoms with E-state index in [9.17, 15) is 0 Å². The Morgan fingerprint density at radius 2 is 1.49 bits per heavy atom. The third-order valence-electron chi connectivity index (χ3n) is 5.80. The van der Waals surface area contributed by atoms with Gasteiger partial charge in [-0.2, -0.15) is 0 Å². The smallest absolute Gasteiger partial charge is 0.203 e. The number of fused-ring (bicyclic) bond motifs is 1. The number of aryl methyl sites for hydroxylation is 1. The van der Waals surface area contributed by atoms with E-state index in [1.165, 1.54) is 0 Å². The highest BCUT2D eigenvalue weighted by Crippen LogP contribution is 2.41. The first kappa shape index (κ1) is 23.9. The summed E-state index contributed by atoms with van der Waals surface area (Å²) < 4.78 is 22.7. The van der Waals surface area contributed by atoms with Crippen molar-refractivity contribution in [3.8, 4) is 40.0 Å². The lowest BCUT2D eigenvalue weighted by Crippen LogP contribution is -1.99. The van der Waals surface area contributed by atoms with Crippen molar-refractivity contribution in [2.24, 2.45) is 0 Å². The lowest BCUT2D eigenvalue weighted by Gasteiger charge is -2.16. The van der Waals surface area contributed by atoms with E-state index in [0.29, 0.717) is 34.6 Å². The average Bonchev–Trinajstić information content (AvgIpc) is 2.93. The van der Waals surface area contributed by atoms with E-state index in [2.05, 4.69) is 15.3 Å². The van der Waals surface area contributed by atoms with Crippen LogP contribution in [0.2, 0.25) is 0 Å². The number of aromatic nitrogens is 3. The molecule has 0 radical (unpaired) electrons. The van der Waals surface area contributed by atoms with E-state index < -0.39 is 0 Å². The Morgan fingerprint density at radius 3 is 2.24 bits per heavy atom. The monoisotopic (exact) mass is 494 g/mol. The number of nitrogens with one attached hydrogen (secondary N) is 1. The maximum atomic E-state index is 6.34. The molecule has 0 spiro atoms. The van der Waals surface area contributed by atoms with Crippen LogP contribution in [0.3, 0.4) is 0 Å². The number of hydrogen-bond acceptors (Lipinski definition) is 8. The summed E-state index contributed by atoms with van der Waals surface area (Å²) in [6.45, 7) is 1.96. The molecule has 186 valence electrons. The second-order valence-electron chi connectivity index (χ2n) is 8.19. The largest absolute Gasteiger partial charge is 0.493 e. The Labute approximate surface area is 214 Å². The minimum absolute atomic E-state index is 0.517. The van der Waals surface area contributed by atoms with Gasteiger partial charge in [-0.1, -0.05) is 18.2 Å². The summed E-state index contributed by atoms with van der Waals surface area (Å²) in [5, 5.41) is 4.29. The molecule has 5 rings (SSSR count). The van der Waals surface area contributed by atoms with Crippen molar-refractivity contribution in [3.63, 3.8) is 0 Å². The zero-order valence-electron chi connectivity index (χ0n) is 21.0. The molecule has 0 atom stereocenters. The summed E-state index contributed by atoms with van der Waals surface area (Å²) >= 11 is 0. The molecular weight excluding hydrogens is 468 g/mol. The summed E-state index contributed by atoms with van der Waals surface area (Å²) in [6.07, 6.45) is 3.47. The molecule has 0 saturated heterocycles. The fraction of sp³-hybridized carbons (Fsp3) is 0.138. The first-order valence-corrected chi connectivity index (χ1v) is 11.6. The van der Waals surface area contributed by atoms with Crippen LogP contribution in [0.25, 0.3) is 22.2 Å². The number of ether oxygens (including phenoxy) is 4. The lowest BCUT2D eigenvalue weighted by molar-refractivity contribution is 0.324. The van der Waals surface area contributed by atoms with Crippen molar-refractivity contribution in [1.82, 2.24) is 15.0 Å². The van der Waals surface area contributed by atoms with Crippen LogP contribution in [0, 0.1) is 6.92 Å². The van der Waals surface area contributed by atoms with Crippen molar-refractivity contribution in [2.45, 2.75) is 6.92 Å². The third-order valence-corrected chi connectivity index (χ3v) is 5.80. The molecule has 0 fully saturated rings. The molecule has 3 heterocycles. The van der Waals surface area contributed by atoms with Crippen molar-refractivity contribution < 1.29 is 18.9 Å². The summed E-state index contributed by atoms with van der Waals surface area (Å²) in [4.78, 5) is 13.7. The van der Waals surface area contributed by atoms with E-state index in [4.69, 9.17) is 23.9 Å². The molecule has 3 aromatic heterocycles. The quantitative estimate of drug-likeness (QED) is 0.259. The Bertz CT molecular complexity index is 1540. The zero-order valence-corrected chi connectivity index (χ0v) is 21.0. The van der Waals surface area contributed by atoms with E-state index >= 15 is 0 Å². The van der Waals surface area contributed by atoms with Gasteiger partial charge in [-0.25, -0.2) is 9.97 Å². The van der Waals surface area contributed by atoms with Crippen LogP contribution in [0.1, 0.15) is 5.69 Å². The van der Waals surface area contributed by atoms with Gasteiger partial charge >= 0.3 is 0 Å². The number of nitrogens with zero attached hydrogens (tertiary/aromatic N) is 3. The number of rotatable bonds is 8. The molecule has 1 N–H and O–H groups in total. The summed E-state index contributed by atoms with van der Waals surface area (Å²) in [6, 6.07) is 21.1. The number of para-hydroxylation sites is 1. The molecule has 0 amide bonds. The minimum atomic E-state index is 0.517. The van der Waals surface area contributed by atoms with Gasteiger partial charge in [-0.15, -0.1) is 0 Å². The van der Waals surface area contributed by atoms with Crippen molar-refractivity contribution >= 4 is 22.4 Å². The second kappa shape index (κ2) is 10.4. The summed E-state index contributed by atoms with van der Waals surface area (Å²) in [5.41, 5.74) is 4.21. The highest BCUT2D eigenvalue weighted by molar-refractivity contribution is 5.94. The summed E-state index contributed by atoms with van der Waals surface area (Å²) in [5.74, 6) is 3.42. The Hall–Kier alpha value is -4.85. The molecule has 0 saturated carbocycles. The van der Waals surface area contributed by atoms with Gasteiger partial charge in [0.15, 0.2) is 17.2 Å². The van der Waals surface area contributed by atoms with Crippen LogP contribution in [0.15, 0.2) is 79.1 Å². The molecule has 2 aromatic carbocycles. The van der Waals surface area contributed by atoms with Crippen LogP contribution in [0.5, 0.6) is 28.7 Å². The Balaban J connectivity index is 1.48. The fourth-order valence-electron chi connectivity index (χ4n) is 4.09. The average molecular weight is 495 g/mol. The van der Waals surface area contributed by atoms with Gasteiger partial charge < -0.3 is 24.3 Å². The number of anilines is 2. The molecule has 0 aliphatic carbocycles. The van der Waals surface area contributed by atoms with Gasteiger partial charge in [0, 0.05) is 52.9 Å². The fourth-order valence-corrected chi connectivity index (χ4v) is 4.09. The highest BCUT2D eigenvalue weighted by Gasteiger charge is 2.15. The van der Waals surface area contributed by atoms with Crippen molar-refractivity contribution in [3.05, 3.63) is 84.8 Å². The number of pyridine rings is 3. The molecule has 8 nitrogen and oxygen atoms in total. The normalized spacial score (nSPS) is 10.7. The standard InChI is InChI=1S/C29H26N4O4/c1-18-9-10-24(28(32-18)22-12-14-30-23-8-6-5-7-21(22)23)37-20-11-13-31-27(17-20)33-19-15-25(34-2)29(36-4)26(16-19)35-3/h5-17H,1-4H3,(H,31,33). The maximum absolute atomic E-state index is 6.34.